The van der Waals surface area contributed by atoms with Gasteiger partial charge in [-0.2, -0.15) is 0 Å². The molecule has 1 aromatic heterocycles. The number of ketones is 1. The zero-order chi connectivity index (χ0) is 13.7. The minimum atomic E-state index is 0.0824. The second-order valence-electron chi connectivity index (χ2n) is 4.08. The standard InChI is InChI=1S/C15H16N2OS/c1-16-14-7-6-12(19-2)10-13(14)15(18)9-11-5-3-4-8-17-11/h3-8,10,16H,9H2,1-2H3. The number of thioether (sulfide) groups is 1. The molecule has 0 saturated carbocycles. The number of rotatable bonds is 5. The number of hydrogen-bond acceptors (Lipinski definition) is 4. The third kappa shape index (κ3) is 3.35. The molecule has 1 heterocycles. The molecule has 0 atom stereocenters. The molecule has 0 aliphatic rings. The molecule has 1 N–H and O–H groups in total. The van der Waals surface area contributed by atoms with Crippen molar-refractivity contribution in [1.82, 2.24) is 4.98 Å². The highest BCUT2D eigenvalue weighted by Crippen LogP contribution is 2.24. The number of hydrogen-bond donors (Lipinski definition) is 1. The summed E-state index contributed by atoms with van der Waals surface area (Å²) < 4.78 is 0. The Kier molecular flexibility index (Phi) is 4.58. The second-order valence-corrected chi connectivity index (χ2v) is 4.96. The van der Waals surface area contributed by atoms with E-state index in [-0.39, 0.29) is 5.78 Å². The molecule has 0 saturated heterocycles. The van der Waals surface area contributed by atoms with Crippen LogP contribution in [0.1, 0.15) is 16.1 Å². The smallest absolute Gasteiger partial charge is 0.170 e. The zero-order valence-electron chi connectivity index (χ0n) is 11.0. The average Bonchev–Trinajstić information content (AvgIpc) is 2.47. The Morgan fingerprint density at radius 3 is 2.79 bits per heavy atom. The minimum absolute atomic E-state index is 0.0824. The first-order chi connectivity index (χ1) is 9.24. The van der Waals surface area contributed by atoms with Gasteiger partial charge in [-0.1, -0.05) is 6.07 Å². The normalized spacial score (nSPS) is 10.2. The van der Waals surface area contributed by atoms with Crippen LogP contribution in [0, 0.1) is 0 Å². The summed E-state index contributed by atoms with van der Waals surface area (Å²) in [7, 11) is 1.83. The third-order valence-corrected chi connectivity index (χ3v) is 3.59. The predicted octanol–water partition coefficient (Wildman–Crippen LogP) is 3.27. The SMILES string of the molecule is CNc1ccc(SC)cc1C(=O)Cc1ccccn1. The van der Waals surface area contributed by atoms with E-state index in [2.05, 4.69) is 10.3 Å². The number of Topliss-reactive ketones (excluding diaryl/α,β-unsaturated/α-hetero) is 1. The van der Waals surface area contributed by atoms with Gasteiger partial charge >= 0.3 is 0 Å². The lowest BCUT2D eigenvalue weighted by Gasteiger charge is -2.09. The fraction of sp³-hybridized carbons (Fsp3) is 0.200. The molecular formula is C15H16N2OS. The van der Waals surface area contributed by atoms with Crippen LogP contribution >= 0.6 is 11.8 Å². The van der Waals surface area contributed by atoms with Crippen molar-refractivity contribution in [3.05, 3.63) is 53.9 Å². The molecule has 0 spiro atoms. The highest BCUT2D eigenvalue weighted by molar-refractivity contribution is 7.98. The number of aromatic nitrogens is 1. The van der Waals surface area contributed by atoms with Gasteiger partial charge in [0, 0.05) is 35.1 Å². The zero-order valence-corrected chi connectivity index (χ0v) is 11.8. The van der Waals surface area contributed by atoms with Crippen LogP contribution in [0.5, 0.6) is 0 Å². The first-order valence-corrected chi connectivity index (χ1v) is 7.26. The van der Waals surface area contributed by atoms with Crippen LogP contribution in [0.25, 0.3) is 0 Å². The molecule has 4 heteroatoms. The second kappa shape index (κ2) is 6.38. The van der Waals surface area contributed by atoms with Crippen molar-refractivity contribution in [2.45, 2.75) is 11.3 Å². The fourth-order valence-electron chi connectivity index (χ4n) is 1.86. The molecule has 0 fully saturated rings. The highest BCUT2D eigenvalue weighted by Gasteiger charge is 2.12. The summed E-state index contributed by atoms with van der Waals surface area (Å²) in [4.78, 5) is 17.7. The molecule has 98 valence electrons. The maximum absolute atomic E-state index is 12.4. The van der Waals surface area contributed by atoms with E-state index in [1.165, 1.54) is 0 Å². The van der Waals surface area contributed by atoms with Crippen LogP contribution in [-0.2, 0) is 6.42 Å². The van der Waals surface area contributed by atoms with Crippen LogP contribution in [0.3, 0.4) is 0 Å². The first-order valence-electron chi connectivity index (χ1n) is 6.03. The highest BCUT2D eigenvalue weighted by atomic mass is 32.2. The Labute approximate surface area is 117 Å². The number of nitrogens with one attached hydrogen (secondary N) is 1. The van der Waals surface area contributed by atoms with E-state index >= 15 is 0 Å². The first kappa shape index (κ1) is 13.6. The molecule has 0 aliphatic heterocycles. The monoisotopic (exact) mass is 272 g/mol. The van der Waals surface area contributed by atoms with Gasteiger partial charge < -0.3 is 5.32 Å². The summed E-state index contributed by atoms with van der Waals surface area (Å²) >= 11 is 1.63. The lowest BCUT2D eigenvalue weighted by molar-refractivity contribution is 0.0992. The van der Waals surface area contributed by atoms with E-state index in [1.54, 1.807) is 18.0 Å². The summed E-state index contributed by atoms with van der Waals surface area (Å²) in [6.45, 7) is 0. The van der Waals surface area contributed by atoms with Gasteiger partial charge in [0.25, 0.3) is 0 Å². The molecule has 3 nitrogen and oxygen atoms in total. The molecule has 1 aromatic carbocycles. The van der Waals surface area contributed by atoms with Crippen molar-refractivity contribution >= 4 is 23.2 Å². The molecule has 2 aromatic rings. The summed E-state index contributed by atoms with van der Waals surface area (Å²) in [6, 6.07) is 11.5. The van der Waals surface area contributed by atoms with E-state index in [0.29, 0.717) is 6.42 Å². The van der Waals surface area contributed by atoms with Crippen molar-refractivity contribution in [2.75, 3.05) is 18.6 Å². The minimum Gasteiger partial charge on any atom is -0.388 e. The third-order valence-electron chi connectivity index (χ3n) is 2.86. The molecule has 0 radical (unpaired) electrons. The Morgan fingerprint density at radius 2 is 2.16 bits per heavy atom. The predicted molar refractivity (Wildman–Crippen MR) is 80.0 cm³/mol. The van der Waals surface area contributed by atoms with Crippen LogP contribution in [0.2, 0.25) is 0 Å². The summed E-state index contributed by atoms with van der Waals surface area (Å²) in [5, 5.41) is 3.06. The number of nitrogens with zero attached hydrogens (tertiary/aromatic N) is 1. The topological polar surface area (TPSA) is 42.0 Å². The van der Waals surface area contributed by atoms with Gasteiger partial charge in [-0.25, -0.2) is 0 Å². The van der Waals surface area contributed by atoms with Crippen LogP contribution in [-0.4, -0.2) is 24.1 Å². The Hall–Kier alpha value is -1.81. The molecule has 2 rings (SSSR count). The number of pyridine rings is 1. The number of benzene rings is 1. The average molecular weight is 272 g/mol. The van der Waals surface area contributed by atoms with Gasteiger partial charge in [0.15, 0.2) is 5.78 Å². The van der Waals surface area contributed by atoms with Gasteiger partial charge in [-0.15, -0.1) is 11.8 Å². The Morgan fingerprint density at radius 1 is 1.32 bits per heavy atom. The Bertz CT molecular complexity index is 570. The summed E-state index contributed by atoms with van der Waals surface area (Å²) in [5.41, 5.74) is 2.38. The Balaban J connectivity index is 2.27. The van der Waals surface area contributed by atoms with Gasteiger partial charge in [0.2, 0.25) is 0 Å². The van der Waals surface area contributed by atoms with Crippen LogP contribution < -0.4 is 5.32 Å². The maximum atomic E-state index is 12.4. The lowest BCUT2D eigenvalue weighted by Crippen LogP contribution is -2.08. The molecule has 0 bridgehead atoms. The largest absolute Gasteiger partial charge is 0.388 e. The van der Waals surface area contributed by atoms with E-state index in [0.717, 1.165) is 21.8 Å². The molecule has 19 heavy (non-hydrogen) atoms. The molecule has 0 amide bonds. The van der Waals surface area contributed by atoms with E-state index in [4.69, 9.17) is 0 Å². The number of carbonyl (C=O) groups excluding carboxylic acids is 1. The molecule has 0 aliphatic carbocycles. The van der Waals surface area contributed by atoms with Crippen molar-refractivity contribution in [2.24, 2.45) is 0 Å². The fourth-order valence-corrected chi connectivity index (χ4v) is 2.30. The lowest BCUT2D eigenvalue weighted by atomic mass is 10.0. The van der Waals surface area contributed by atoms with E-state index in [1.807, 2.05) is 49.7 Å². The summed E-state index contributed by atoms with van der Waals surface area (Å²) in [6.07, 6.45) is 4.04. The maximum Gasteiger partial charge on any atom is 0.170 e. The number of carbonyl (C=O) groups is 1. The van der Waals surface area contributed by atoms with Gasteiger partial charge in [-0.3, -0.25) is 9.78 Å². The van der Waals surface area contributed by atoms with Crippen LogP contribution in [0.15, 0.2) is 47.5 Å². The van der Waals surface area contributed by atoms with Crippen LogP contribution in [0.4, 0.5) is 5.69 Å². The van der Waals surface area contributed by atoms with Gasteiger partial charge in [0.05, 0.1) is 6.42 Å². The van der Waals surface area contributed by atoms with Crippen molar-refractivity contribution in [1.29, 1.82) is 0 Å². The van der Waals surface area contributed by atoms with Crippen molar-refractivity contribution in [3.63, 3.8) is 0 Å². The molecular weight excluding hydrogens is 256 g/mol. The molecule has 0 unspecified atom stereocenters. The van der Waals surface area contributed by atoms with E-state index < -0.39 is 0 Å². The van der Waals surface area contributed by atoms with Gasteiger partial charge in [-0.05, 0) is 36.6 Å². The van der Waals surface area contributed by atoms with E-state index in [9.17, 15) is 4.79 Å². The number of anilines is 1. The summed E-state index contributed by atoms with van der Waals surface area (Å²) in [5.74, 6) is 0.0824. The van der Waals surface area contributed by atoms with Crippen molar-refractivity contribution in [3.8, 4) is 0 Å². The quantitative estimate of drug-likeness (QED) is 0.670. The van der Waals surface area contributed by atoms with Gasteiger partial charge in [0.1, 0.15) is 0 Å². The van der Waals surface area contributed by atoms with Crippen molar-refractivity contribution < 1.29 is 4.79 Å².